The smallest absolute Gasteiger partial charge is 0.231 e. The van der Waals surface area contributed by atoms with Crippen molar-refractivity contribution in [1.82, 2.24) is 10.1 Å². The number of rotatable bonds is 5. The Morgan fingerprint density at radius 2 is 2.06 bits per heavy atom. The monoisotopic (exact) mass is 233 g/mol. The molecule has 0 fully saturated rings. The third kappa shape index (κ3) is 3.29. The van der Waals surface area contributed by atoms with Crippen LogP contribution in [0.15, 0.2) is 28.8 Å². The van der Waals surface area contributed by atoms with Crippen LogP contribution in [0, 0.1) is 0 Å². The zero-order valence-electron chi connectivity index (χ0n) is 9.72. The average molecular weight is 233 g/mol. The van der Waals surface area contributed by atoms with E-state index in [0.717, 1.165) is 11.3 Å². The predicted molar refractivity (Wildman–Crippen MR) is 63.5 cm³/mol. The van der Waals surface area contributed by atoms with Crippen LogP contribution in [0.2, 0.25) is 0 Å². The van der Waals surface area contributed by atoms with Crippen molar-refractivity contribution in [3.8, 4) is 0 Å². The van der Waals surface area contributed by atoms with Gasteiger partial charge < -0.3 is 15.0 Å². The third-order valence-electron chi connectivity index (χ3n) is 2.38. The van der Waals surface area contributed by atoms with Crippen molar-refractivity contribution >= 4 is 5.69 Å². The second kappa shape index (κ2) is 5.45. The molecule has 5 heteroatoms. The highest BCUT2D eigenvalue weighted by Gasteiger charge is 2.06. The molecule has 1 aromatic carbocycles. The zero-order chi connectivity index (χ0) is 12.1. The molecule has 1 heterocycles. The Morgan fingerprint density at radius 3 is 2.76 bits per heavy atom. The summed E-state index contributed by atoms with van der Waals surface area (Å²) in [4.78, 5) is 4.28. The fraction of sp³-hybridized carbons (Fsp3) is 0.333. The van der Waals surface area contributed by atoms with Gasteiger partial charge in [-0.25, -0.2) is 0 Å². The number of anilines is 1. The molecule has 0 spiro atoms. The molecule has 0 aliphatic carbocycles. The fourth-order valence-electron chi connectivity index (χ4n) is 1.47. The molecule has 1 aromatic heterocycles. The highest BCUT2D eigenvalue weighted by atomic mass is 16.5. The summed E-state index contributed by atoms with van der Waals surface area (Å²) in [5.74, 6) is 1.29. The number of nitrogens with zero attached hydrogens (tertiary/aromatic N) is 2. The average Bonchev–Trinajstić information content (AvgIpc) is 2.77. The number of benzene rings is 1. The summed E-state index contributed by atoms with van der Waals surface area (Å²) in [6.45, 7) is 0.598. The van der Waals surface area contributed by atoms with Crippen molar-refractivity contribution in [2.24, 2.45) is 0 Å². The Kier molecular flexibility index (Phi) is 3.72. The van der Waals surface area contributed by atoms with Crippen LogP contribution >= 0.6 is 0 Å². The lowest BCUT2D eigenvalue weighted by atomic mass is 10.1. The standard InChI is InChI=1S/C12H15N3O2/c1-16-7-6-11-14-12(17-15-11)8-9-2-4-10(13)5-3-9/h2-5H,6-8,13H2,1H3. The molecule has 0 amide bonds. The number of aromatic nitrogens is 2. The van der Waals surface area contributed by atoms with Gasteiger partial charge >= 0.3 is 0 Å². The molecular weight excluding hydrogens is 218 g/mol. The molecule has 0 unspecified atom stereocenters. The molecule has 2 N–H and O–H groups in total. The Balaban J connectivity index is 1.98. The lowest BCUT2D eigenvalue weighted by molar-refractivity contribution is 0.199. The first-order valence-corrected chi connectivity index (χ1v) is 5.43. The van der Waals surface area contributed by atoms with Gasteiger partial charge in [0.05, 0.1) is 13.0 Å². The van der Waals surface area contributed by atoms with Crippen molar-refractivity contribution in [1.29, 1.82) is 0 Å². The van der Waals surface area contributed by atoms with Gasteiger partial charge in [-0.15, -0.1) is 0 Å². The van der Waals surface area contributed by atoms with Gasteiger partial charge in [-0.3, -0.25) is 0 Å². The van der Waals surface area contributed by atoms with E-state index in [0.29, 0.717) is 31.2 Å². The summed E-state index contributed by atoms with van der Waals surface area (Å²) in [5, 5.41) is 3.88. The first kappa shape index (κ1) is 11.6. The normalized spacial score (nSPS) is 10.6. The largest absolute Gasteiger partial charge is 0.399 e. The molecule has 2 rings (SSSR count). The topological polar surface area (TPSA) is 74.2 Å². The molecule has 2 aromatic rings. The van der Waals surface area contributed by atoms with E-state index in [1.807, 2.05) is 24.3 Å². The molecule has 0 aliphatic heterocycles. The maximum atomic E-state index is 5.61. The Labute approximate surface area is 99.6 Å². The number of methoxy groups -OCH3 is 1. The molecule has 0 radical (unpaired) electrons. The summed E-state index contributed by atoms with van der Waals surface area (Å²) in [6.07, 6.45) is 1.29. The van der Waals surface area contributed by atoms with Crippen LogP contribution in [-0.2, 0) is 17.6 Å². The summed E-state index contributed by atoms with van der Waals surface area (Å²) < 4.78 is 10.1. The highest BCUT2D eigenvalue weighted by Crippen LogP contribution is 2.10. The van der Waals surface area contributed by atoms with Crippen LogP contribution in [0.1, 0.15) is 17.3 Å². The first-order valence-electron chi connectivity index (χ1n) is 5.43. The van der Waals surface area contributed by atoms with Gasteiger partial charge in [0, 0.05) is 19.2 Å². The van der Waals surface area contributed by atoms with E-state index in [2.05, 4.69) is 10.1 Å². The van der Waals surface area contributed by atoms with E-state index in [9.17, 15) is 0 Å². The van der Waals surface area contributed by atoms with Crippen LogP contribution in [0.4, 0.5) is 5.69 Å². The van der Waals surface area contributed by atoms with Gasteiger partial charge in [-0.05, 0) is 17.7 Å². The molecule has 90 valence electrons. The van der Waals surface area contributed by atoms with E-state index in [1.54, 1.807) is 7.11 Å². The lowest BCUT2D eigenvalue weighted by Gasteiger charge is -1.97. The van der Waals surface area contributed by atoms with E-state index < -0.39 is 0 Å². The number of nitrogens with two attached hydrogens (primary N) is 1. The second-order valence-electron chi connectivity index (χ2n) is 3.77. The van der Waals surface area contributed by atoms with Gasteiger partial charge in [-0.2, -0.15) is 4.98 Å². The Bertz CT molecular complexity index is 465. The minimum atomic E-state index is 0.598. The number of nitrogen functional groups attached to an aromatic ring is 1. The fourth-order valence-corrected chi connectivity index (χ4v) is 1.47. The molecule has 0 aliphatic rings. The van der Waals surface area contributed by atoms with E-state index in [1.165, 1.54) is 0 Å². The summed E-state index contributed by atoms with van der Waals surface area (Å²) in [7, 11) is 1.65. The van der Waals surface area contributed by atoms with Gasteiger partial charge in [0.2, 0.25) is 5.89 Å². The minimum Gasteiger partial charge on any atom is -0.399 e. The Hall–Kier alpha value is -1.88. The van der Waals surface area contributed by atoms with Crippen molar-refractivity contribution in [3.05, 3.63) is 41.5 Å². The van der Waals surface area contributed by atoms with E-state index in [4.69, 9.17) is 15.0 Å². The van der Waals surface area contributed by atoms with E-state index >= 15 is 0 Å². The van der Waals surface area contributed by atoms with Crippen molar-refractivity contribution in [2.75, 3.05) is 19.5 Å². The van der Waals surface area contributed by atoms with Gasteiger partial charge in [0.15, 0.2) is 5.82 Å². The zero-order valence-corrected chi connectivity index (χ0v) is 9.72. The molecule has 5 nitrogen and oxygen atoms in total. The van der Waals surface area contributed by atoms with Crippen LogP contribution < -0.4 is 5.73 Å². The summed E-state index contributed by atoms with van der Waals surface area (Å²) in [5.41, 5.74) is 7.46. The molecule has 0 bridgehead atoms. The first-order chi connectivity index (χ1) is 8.28. The van der Waals surface area contributed by atoms with Crippen LogP contribution in [0.5, 0.6) is 0 Å². The highest BCUT2D eigenvalue weighted by molar-refractivity contribution is 5.39. The molecule has 0 atom stereocenters. The van der Waals surface area contributed by atoms with Crippen LogP contribution in [0.25, 0.3) is 0 Å². The predicted octanol–water partition coefficient (Wildman–Crippen LogP) is 1.43. The molecule has 0 saturated carbocycles. The second-order valence-corrected chi connectivity index (χ2v) is 3.77. The van der Waals surface area contributed by atoms with Crippen molar-refractivity contribution < 1.29 is 9.26 Å². The van der Waals surface area contributed by atoms with Crippen molar-refractivity contribution in [3.63, 3.8) is 0 Å². The number of ether oxygens (including phenoxy) is 1. The van der Waals surface area contributed by atoms with Crippen LogP contribution in [-0.4, -0.2) is 23.9 Å². The van der Waals surface area contributed by atoms with Gasteiger partial charge in [0.25, 0.3) is 0 Å². The Morgan fingerprint density at radius 1 is 1.29 bits per heavy atom. The van der Waals surface area contributed by atoms with E-state index in [-0.39, 0.29) is 0 Å². The quantitative estimate of drug-likeness (QED) is 0.791. The maximum absolute atomic E-state index is 5.61. The summed E-state index contributed by atoms with van der Waals surface area (Å²) >= 11 is 0. The molecule has 17 heavy (non-hydrogen) atoms. The third-order valence-corrected chi connectivity index (χ3v) is 2.38. The molecular formula is C12H15N3O2. The molecule has 0 saturated heterocycles. The van der Waals surface area contributed by atoms with Gasteiger partial charge in [0.1, 0.15) is 0 Å². The lowest BCUT2D eigenvalue weighted by Crippen LogP contribution is -1.96. The SMILES string of the molecule is COCCc1noc(Cc2ccc(N)cc2)n1. The minimum absolute atomic E-state index is 0.598. The maximum Gasteiger partial charge on any atom is 0.231 e. The number of hydrogen-bond acceptors (Lipinski definition) is 5. The van der Waals surface area contributed by atoms with Gasteiger partial charge in [-0.1, -0.05) is 17.3 Å². The summed E-state index contributed by atoms with van der Waals surface area (Å²) in [6, 6.07) is 7.62. The van der Waals surface area contributed by atoms with Crippen molar-refractivity contribution in [2.45, 2.75) is 12.8 Å². The number of hydrogen-bond donors (Lipinski definition) is 1. The van der Waals surface area contributed by atoms with Crippen LogP contribution in [0.3, 0.4) is 0 Å².